The first-order chi connectivity index (χ1) is 8.38. The van der Waals surface area contributed by atoms with Crippen LogP contribution < -0.4 is 10.6 Å². The summed E-state index contributed by atoms with van der Waals surface area (Å²) < 4.78 is 5.08. The van der Waals surface area contributed by atoms with Crippen LogP contribution in [0.5, 0.6) is 0 Å². The maximum atomic E-state index is 5.08. The number of hydrogen-bond donors (Lipinski definition) is 2. The molecule has 5 heteroatoms. The molecule has 0 saturated heterocycles. The number of nitrogens with one attached hydrogen (secondary N) is 2. The molecule has 1 aliphatic rings. The Kier molecular flexibility index (Phi) is 7.04. The molecule has 18 heavy (non-hydrogen) atoms. The van der Waals surface area contributed by atoms with Crippen molar-refractivity contribution in [3.05, 3.63) is 35.4 Å². The first kappa shape index (κ1) is 15.2. The van der Waals surface area contributed by atoms with Crippen molar-refractivity contribution in [2.75, 3.05) is 20.2 Å². The minimum absolute atomic E-state index is 0. The van der Waals surface area contributed by atoms with Gasteiger partial charge >= 0.3 is 0 Å². The summed E-state index contributed by atoms with van der Waals surface area (Å²) in [5.74, 6) is 0.914. The molecule has 0 atom stereocenters. The van der Waals surface area contributed by atoms with E-state index in [9.17, 15) is 0 Å². The van der Waals surface area contributed by atoms with Crippen molar-refractivity contribution in [1.29, 1.82) is 0 Å². The number of guanidine groups is 1. The number of nitrogens with zero attached hydrogens (tertiary/aromatic N) is 1. The molecule has 0 spiro atoms. The lowest BCUT2D eigenvalue weighted by Crippen LogP contribution is -2.40. The number of methoxy groups -OCH3 is 1. The van der Waals surface area contributed by atoms with Crippen LogP contribution >= 0.6 is 24.0 Å². The van der Waals surface area contributed by atoms with Crippen molar-refractivity contribution in [3.8, 4) is 0 Å². The van der Waals surface area contributed by atoms with Crippen molar-refractivity contribution in [3.63, 3.8) is 0 Å². The van der Waals surface area contributed by atoms with Crippen molar-refractivity contribution in [2.45, 2.75) is 19.6 Å². The maximum Gasteiger partial charge on any atom is 0.191 e. The van der Waals surface area contributed by atoms with E-state index in [1.54, 1.807) is 7.11 Å². The Hall–Kier alpha value is -0.820. The van der Waals surface area contributed by atoms with Gasteiger partial charge < -0.3 is 15.4 Å². The van der Waals surface area contributed by atoms with Gasteiger partial charge in [-0.05, 0) is 17.5 Å². The predicted octanol–water partition coefficient (Wildman–Crippen LogP) is 1.89. The van der Waals surface area contributed by atoms with Gasteiger partial charge in [0.25, 0.3) is 0 Å². The van der Waals surface area contributed by atoms with E-state index in [1.807, 2.05) is 0 Å². The zero-order valence-electron chi connectivity index (χ0n) is 10.6. The summed E-state index contributed by atoms with van der Waals surface area (Å²) in [4.78, 5) is 4.37. The number of rotatable bonds is 4. The molecule has 0 saturated carbocycles. The van der Waals surface area contributed by atoms with Crippen LogP contribution in [0.25, 0.3) is 0 Å². The Morgan fingerprint density at radius 2 is 2.00 bits per heavy atom. The first-order valence-electron chi connectivity index (χ1n) is 5.97. The highest BCUT2D eigenvalue weighted by atomic mass is 127. The largest absolute Gasteiger partial charge is 0.380 e. The molecular weight excluding hydrogens is 341 g/mol. The summed E-state index contributed by atoms with van der Waals surface area (Å²) in [6.07, 6.45) is 1.12. The average molecular weight is 361 g/mol. The van der Waals surface area contributed by atoms with Gasteiger partial charge in [0, 0.05) is 26.7 Å². The summed E-state index contributed by atoms with van der Waals surface area (Å²) in [5, 5.41) is 6.54. The van der Waals surface area contributed by atoms with Crippen molar-refractivity contribution in [1.82, 2.24) is 10.6 Å². The lowest BCUT2D eigenvalue weighted by Gasteiger charge is -2.16. The lowest BCUT2D eigenvalue weighted by atomic mass is 10.1. The SMILES string of the molecule is COCc1ccc(CNC2=NCCCN2)cc1.I. The van der Waals surface area contributed by atoms with Gasteiger partial charge in [-0.15, -0.1) is 24.0 Å². The van der Waals surface area contributed by atoms with E-state index in [2.05, 4.69) is 39.9 Å². The second-order valence-corrected chi connectivity index (χ2v) is 4.11. The van der Waals surface area contributed by atoms with Crippen LogP contribution in [0.3, 0.4) is 0 Å². The highest BCUT2D eigenvalue weighted by molar-refractivity contribution is 14.0. The lowest BCUT2D eigenvalue weighted by molar-refractivity contribution is 0.185. The van der Waals surface area contributed by atoms with Gasteiger partial charge in [-0.3, -0.25) is 4.99 Å². The molecule has 2 rings (SSSR count). The normalized spacial score (nSPS) is 14.2. The molecule has 100 valence electrons. The van der Waals surface area contributed by atoms with Crippen LogP contribution in [-0.2, 0) is 17.9 Å². The minimum atomic E-state index is 0. The molecule has 0 amide bonds. The third-order valence-corrected chi connectivity index (χ3v) is 2.69. The van der Waals surface area contributed by atoms with E-state index in [0.29, 0.717) is 6.61 Å². The van der Waals surface area contributed by atoms with E-state index in [-0.39, 0.29) is 24.0 Å². The second kappa shape index (κ2) is 8.31. The number of aliphatic imine (C=N–C) groups is 1. The van der Waals surface area contributed by atoms with Gasteiger partial charge in [0.2, 0.25) is 0 Å². The van der Waals surface area contributed by atoms with Crippen LogP contribution in [0.4, 0.5) is 0 Å². The van der Waals surface area contributed by atoms with E-state index >= 15 is 0 Å². The fraction of sp³-hybridized carbons (Fsp3) is 0.462. The Morgan fingerprint density at radius 3 is 2.61 bits per heavy atom. The third-order valence-electron chi connectivity index (χ3n) is 2.69. The van der Waals surface area contributed by atoms with Gasteiger partial charge in [0.1, 0.15) is 0 Å². The average Bonchev–Trinajstić information content (AvgIpc) is 2.40. The van der Waals surface area contributed by atoms with Crippen LogP contribution in [0.2, 0.25) is 0 Å². The maximum absolute atomic E-state index is 5.08. The zero-order valence-corrected chi connectivity index (χ0v) is 12.9. The second-order valence-electron chi connectivity index (χ2n) is 4.11. The molecule has 0 aliphatic carbocycles. The summed E-state index contributed by atoms with van der Waals surface area (Å²) in [7, 11) is 1.71. The standard InChI is InChI=1S/C13H19N3O.HI/c1-17-10-12-5-3-11(4-6-12)9-16-13-14-7-2-8-15-13;/h3-6H,2,7-10H2,1H3,(H2,14,15,16);1H. The Labute approximate surface area is 125 Å². The van der Waals surface area contributed by atoms with Crippen molar-refractivity contribution >= 4 is 29.9 Å². The first-order valence-corrected chi connectivity index (χ1v) is 5.97. The molecular formula is C13H20IN3O. The molecule has 0 fully saturated rings. The van der Waals surface area contributed by atoms with Gasteiger partial charge in [-0.25, -0.2) is 0 Å². The third kappa shape index (κ3) is 4.81. The van der Waals surface area contributed by atoms with Crippen LogP contribution in [0.15, 0.2) is 29.3 Å². The fourth-order valence-corrected chi connectivity index (χ4v) is 1.76. The van der Waals surface area contributed by atoms with E-state index in [0.717, 1.165) is 32.0 Å². The van der Waals surface area contributed by atoms with Crippen molar-refractivity contribution < 1.29 is 4.74 Å². The van der Waals surface area contributed by atoms with E-state index in [1.165, 1.54) is 11.1 Å². The van der Waals surface area contributed by atoms with Gasteiger partial charge in [-0.2, -0.15) is 0 Å². The molecule has 4 nitrogen and oxygen atoms in total. The summed E-state index contributed by atoms with van der Waals surface area (Å²) >= 11 is 0. The van der Waals surface area contributed by atoms with Gasteiger partial charge in [-0.1, -0.05) is 24.3 Å². The quantitative estimate of drug-likeness (QED) is 0.806. The highest BCUT2D eigenvalue weighted by Gasteiger charge is 2.02. The predicted molar refractivity (Wildman–Crippen MR) is 84.3 cm³/mol. The minimum Gasteiger partial charge on any atom is -0.380 e. The van der Waals surface area contributed by atoms with Crippen LogP contribution in [0.1, 0.15) is 17.5 Å². The Bertz CT molecular complexity index is 378. The number of ether oxygens (including phenoxy) is 1. The molecule has 1 aromatic rings. The smallest absolute Gasteiger partial charge is 0.191 e. The van der Waals surface area contributed by atoms with Gasteiger partial charge in [0.05, 0.1) is 6.61 Å². The molecule has 0 unspecified atom stereocenters. The Morgan fingerprint density at radius 1 is 1.28 bits per heavy atom. The highest BCUT2D eigenvalue weighted by Crippen LogP contribution is 2.05. The Balaban J connectivity index is 0.00000162. The topological polar surface area (TPSA) is 45.6 Å². The van der Waals surface area contributed by atoms with E-state index in [4.69, 9.17) is 4.74 Å². The van der Waals surface area contributed by atoms with Gasteiger partial charge in [0.15, 0.2) is 5.96 Å². The van der Waals surface area contributed by atoms with E-state index < -0.39 is 0 Å². The molecule has 0 aromatic heterocycles. The molecule has 0 radical (unpaired) electrons. The number of halogens is 1. The van der Waals surface area contributed by atoms with Crippen molar-refractivity contribution in [2.24, 2.45) is 4.99 Å². The molecule has 1 heterocycles. The summed E-state index contributed by atoms with van der Waals surface area (Å²) in [5.41, 5.74) is 2.45. The molecule has 1 aromatic carbocycles. The molecule has 0 bridgehead atoms. The molecule has 2 N–H and O–H groups in total. The van der Waals surface area contributed by atoms with Crippen LogP contribution in [-0.4, -0.2) is 26.2 Å². The van der Waals surface area contributed by atoms with Crippen LogP contribution in [0, 0.1) is 0 Å². The zero-order chi connectivity index (χ0) is 11.9. The molecule has 1 aliphatic heterocycles. The summed E-state index contributed by atoms with van der Waals surface area (Å²) in [6, 6.07) is 8.42. The monoisotopic (exact) mass is 361 g/mol. The number of benzene rings is 1. The summed E-state index contributed by atoms with van der Waals surface area (Å²) in [6.45, 7) is 3.40. The fourth-order valence-electron chi connectivity index (χ4n) is 1.76. The number of hydrogen-bond acceptors (Lipinski definition) is 4.